The summed E-state index contributed by atoms with van der Waals surface area (Å²) in [6.07, 6.45) is 0. The van der Waals surface area contributed by atoms with Crippen molar-refractivity contribution in [1.29, 1.82) is 0 Å². The molecule has 1 aromatic rings. The van der Waals surface area contributed by atoms with Crippen LogP contribution in [-0.2, 0) is 10.2 Å². The van der Waals surface area contributed by atoms with Gasteiger partial charge < -0.3 is 15.4 Å². The molecular formula is C19H32N2O2. The number of benzene rings is 1. The number of rotatable bonds is 9. The molecule has 0 aliphatic heterocycles. The van der Waals surface area contributed by atoms with Crippen LogP contribution in [0.2, 0.25) is 0 Å². The highest BCUT2D eigenvalue weighted by molar-refractivity contribution is 5.78. The van der Waals surface area contributed by atoms with Gasteiger partial charge in [-0.3, -0.25) is 4.79 Å². The summed E-state index contributed by atoms with van der Waals surface area (Å²) in [5.41, 5.74) is 1.07. The Balaban J connectivity index is 2.60. The zero-order valence-electron chi connectivity index (χ0n) is 15.4. The maximum Gasteiger partial charge on any atom is 0.224 e. The van der Waals surface area contributed by atoms with Gasteiger partial charge in [0.2, 0.25) is 5.91 Å². The lowest BCUT2D eigenvalue weighted by molar-refractivity contribution is -0.124. The molecule has 0 saturated carbocycles. The standard InChI is InChI=1S/C19H32N2O2/c1-14(2)12-23-17-9-7-16(8-10-17)19(4,5)13-21-18(22)15(3)11-20-6/h7-10,14-15,20H,11-13H2,1-6H3,(H,21,22). The predicted octanol–water partition coefficient (Wildman–Crippen LogP) is 2.97. The normalized spacial score (nSPS) is 13.0. The molecule has 1 atom stereocenters. The maximum atomic E-state index is 12.0. The Bertz CT molecular complexity index is 481. The van der Waals surface area contributed by atoms with Crippen LogP contribution in [0, 0.1) is 11.8 Å². The van der Waals surface area contributed by atoms with Crippen molar-refractivity contribution >= 4 is 5.91 Å². The first-order chi connectivity index (χ1) is 10.8. The summed E-state index contributed by atoms with van der Waals surface area (Å²) in [7, 11) is 1.86. The van der Waals surface area contributed by atoms with Gasteiger partial charge in [-0.25, -0.2) is 0 Å². The molecule has 4 heteroatoms. The minimum atomic E-state index is -0.119. The second-order valence-corrected chi connectivity index (χ2v) is 7.29. The molecule has 0 radical (unpaired) electrons. The van der Waals surface area contributed by atoms with E-state index in [2.05, 4.69) is 50.5 Å². The quantitative estimate of drug-likeness (QED) is 0.735. The van der Waals surface area contributed by atoms with Crippen molar-refractivity contribution in [1.82, 2.24) is 10.6 Å². The van der Waals surface area contributed by atoms with E-state index in [9.17, 15) is 4.79 Å². The fourth-order valence-electron chi connectivity index (χ4n) is 2.25. The average molecular weight is 320 g/mol. The Morgan fingerprint density at radius 1 is 1.17 bits per heavy atom. The molecule has 0 aliphatic rings. The Kier molecular flexibility index (Phi) is 7.56. The third kappa shape index (κ3) is 6.61. The molecule has 23 heavy (non-hydrogen) atoms. The molecule has 0 fully saturated rings. The lowest BCUT2D eigenvalue weighted by Gasteiger charge is -2.26. The number of carbonyl (C=O) groups is 1. The van der Waals surface area contributed by atoms with E-state index in [0.717, 1.165) is 12.4 Å². The van der Waals surface area contributed by atoms with Crippen molar-refractivity contribution in [2.24, 2.45) is 11.8 Å². The maximum absolute atomic E-state index is 12.0. The first-order valence-corrected chi connectivity index (χ1v) is 8.42. The third-order valence-electron chi connectivity index (χ3n) is 3.88. The second-order valence-electron chi connectivity index (χ2n) is 7.29. The topological polar surface area (TPSA) is 50.4 Å². The molecule has 1 rings (SSSR count). The predicted molar refractivity (Wildman–Crippen MR) is 95.9 cm³/mol. The lowest BCUT2D eigenvalue weighted by Crippen LogP contribution is -2.41. The highest BCUT2D eigenvalue weighted by atomic mass is 16.5. The van der Waals surface area contributed by atoms with Gasteiger partial charge in [-0.05, 0) is 30.7 Å². The summed E-state index contributed by atoms with van der Waals surface area (Å²) in [5.74, 6) is 1.47. The zero-order chi connectivity index (χ0) is 17.5. The molecule has 0 bridgehead atoms. The van der Waals surface area contributed by atoms with E-state index < -0.39 is 0 Å². The van der Waals surface area contributed by atoms with Crippen molar-refractivity contribution in [3.05, 3.63) is 29.8 Å². The Morgan fingerprint density at radius 2 is 1.78 bits per heavy atom. The van der Waals surface area contributed by atoms with Crippen LogP contribution >= 0.6 is 0 Å². The van der Waals surface area contributed by atoms with Crippen LogP contribution in [0.3, 0.4) is 0 Å². The van der Waals surface area contributed by atoms with Crippen molar-refractivity contribution in [3.8, 4) is 5.75 Å². The minimum absolute atomic E-state index is 0.0254. The van der Waals surface area contributed by atoms with Gasteiger partial charge in [0.15, 0.2) is 0 Å². The van der Waals surface area contributed by atoms with Gasteiger partial charge in [-0.15, -0.1) is 0 Å². The molecule has 0 aromatic heterocycles. The van der Waals surface area contributed by atoms with Crippen LogP contribution < -0.4 is 15.4 Å². The number of amides is 1. The van der Waals surface area contributed by atoms with Gasteiger partial charge in [0, 0.05) is 24.4 Å². The fraction of sp³-hybridized carbons (Fsp3) is 0.632. The highest BCUT2D eigenvalue weighted by Crippen LogP contribution is 2.25. The molecule has 0 heterocycles. The van der Waals surface area contributed by atoms with Crippen molar-refractivity contribution in [2.75, 3.05) is 26.7 Å². The van der Waals surface area contributed by atoms with Crippen molar-refractivity contribution in [2.45, 2.75) is 40.0 Å². The Hall–Kier alpha value is -1.55. The van der Waals surface area contributed by atoms with E-state index in [1.54, 1.807) is 0 Å². The fourth-order valence-corrected chi connectivity index (χ4v) is 2.25. The van der Waals surface area contributed by atoms with Gasteiger partial charge in [-0.1, -0.05) is 46.8 Å². The third-order valence-corrected chi connectivity index (χ3v) is 3.88. The summed E-state index contributed by atoms with van der Waals surface area (Å²) in [6.45, 7) is 12.5. The molecular weight excluding hydrogens is 288 g/mol. The number of ether oxygens (including phenoxy) is 1. The van der Waals surface area contributed by atoms with E-state index in [4.69, 9.17) is 4.74 Å². The number of hydrogen-bond donors (Lipinski definition) is 2. The van der Waals surface area contributed by atoms with Crippen LogP contribution in [0.15, 0.2) is 24.3 Å². The van der Waals surface area contributed by atoms with E-state index >= 15 is 0 Å². The van der Waals surface area contributed by atoms with Gasteiger partial charge in [0.25, 0.3) is 0 Å². The van der Waals surface area contributed by atoms with Crippen LogP contribution in [0.25, 0.3) is 0 Å². The molecule has 0 aliphatic carbocycles. The van der Waals surface area contributed by atoms with E-state index in [1.165, 1.54) is 5.56 Å². The minimum Gasteiger partial charge on any atom is -0.493 e. The van der Waals surface area contributed by atoms with E-state index in [0.29, 0.717) is 19.0 Å². The SMILES string of the molecule is CNCC(C)C(=O)NCC(C)(C)c1ccc(OCC(C)C)cc1. The van der Waals surface area contributed by atoms with Crippen molar-refractivity contribution < 1.29 is 9.53 Å². The van der Waals surface area contributed by atoms with E-state index in [-0.39, 0.29) is 17.2 Å². The first-order valence-electron chi connectivity index (χ1n) is 8.42. The molecule has 1 unspecified atom stereocenters. The summed E-state index contributed by atoms with van der Waals surface area (Å²) >= 11 is 0. The van der Waals surface area contributed by atoms with Crippen LogP contribution in [-0.4, -0.2) is 32.7 Å². The number of hydrogen-bond acceptors (Lipinski definition) is 3. The lowest BCUT2D eigenvalue weighted by atomic mass is 9.84. The second kappa shape index (κ2) is 8.92. The van der Waals surface area contributed by atoms with Crippen molar-refractivity contribution in [3.63, 3.8) is 0 Å². The molecule has 130 valence electrons. The molecule has 4 nitrogen and oxygen atoms in total. The number of nitrogens with one attached hydrogen (secondary N) is 2. The summed E-state index contributed by atoms with van der Waals surface area (Å²) in [6, 6.07) is 8.17. The molecule has 0 saturated heterocycles. The molecule has 1 aromatic carbocycles. The average Bonchev–Trinajstić information content (AvgIpc) is 2.51. The summed E-state index contributed by atoms with van der Waals surface area (Å²) in [4.78, 5) is 12.0. The summed E-state index contributed by atoms with van der Waals surface area (Å²) < 4.78 is 5.71. The van der Waals surface area contributed by atoms with E-state index in [1.807, 2.05) is 26.1 Å². The zero-order valence-corrected chi connectivity index (χ0v) is 15.4. The van der Waals surface area contributed by atoms with Crippen LogP contribution in [0.5, 0.6) is 5.75 Å². The van der Waals surface area contributed by atoms with Crippen LogP contribution in [0.1, 0.15) is 40.2 Å². The molecule has 0 spiro atoms. The Morgan fingerprint density at radius 3 is 2.30 bits per heavy atom. The largest absolute Gasteiger partial charge is 0.493 e. The highest BCUT2D eigenvalue weighted by Gasteiger charge is 2.22. The number of carbonyl (C=O) groups excluding carboxylic acids is 1. The van der Waals surface area contributed by atoms with Gasteiger partial charge >= 0.3 is 0 Å². The molecule has 2 N–H and O–H groups in total. The van der Waals surface area contributed by atoms with Crippen LogP contribution in [0.4, 0.5) is 0 Å². The summed E-state index contributed by atoms with van der Waals surface area (Å²) in [5, 5.41) is 6.08. The monoisotopic (exact) mass is 320 g/mol. The Labute approximate surface area is 141 Å². The van der Waals surface area contributed by atoms with Gasteiger partial charge in [0.1, 0.15) is 5.75 Å². The van der Waals surface area contributed by atoms with Gasteiger partial charge in [-0.2, -0.15) is 0 Å². The first kappa shape index (κ1) is 19.5. The molecule has 1 amide bonds. The smallest absolute Gasteiger partial charge is 0.224 e. The van der Waals surface area contributed by atoms with Gasteiger partial charge in [0.05, 0.1) is 6.61 Å².